The van der Waals surface area contributed by atoms with E-state index in [1.807, 2.05) is 12.1 Å². The number of benzene rings is 1. The van der Waals surface area contributed by atoms with E-state index >= 15 is 0 Å². The topological polar surface area (TPSA) is 12.0 Å². The number of halogens is 1. The summed E-state index contributed by atoms with van der Waals surface area (Å²) >= 11 is 6.35. The summed E-state index contributed by atoms with van der Waals surface area (Å²) in [6.07, 6.45) is 5.13. The minimum Gasteiger partial charge on any atom is -0.317 e. The van der Waals surface area contributed by atoms with E-state index in [4.69, 9.17) is 11.6 Å². The predicted molar refractivity (Wildman–Crippen MR) is 88.3 cm³/mol. The molecule has 1 aliphatic carbocycles. The second-order valence-corrected chi connectivity index (χ2v) is 7.44. The SMILES string of the molecule is CCNCC1CCC(C)(C)CC1Cc1ccccc1Cl. The van der Waals surface area contributed by atoms with Crippen molar-refractivity contribution in [1.29, 1.82) is 0 Å². The Hall–Kier alpha value is -0.530. The Balaban J connectivity index is 2.08. The maximum Gasteiger partial charge on any atom is 0.0438 e. The van der Waals surface area contributed by atoms with Crippen LogP contribution in [0.5, 0.6) is 0 Å². The molecule has 2 atom stereocenters. The van der Waals surface area contributed by atoms with Crippen molar-refractivity contribution in [3.8, 4) is 0 Å². The van der Waals surface area contributed by atoms with Crippen molar-refractivity contribution in [2.24, 2.45) is 17.3 Å². The molecule has 1 aromatic rings. The lowest BCUT2D eigenvalue weighted by Gasteiger charge is -2.41. The number of rotatable bonds is 5. The third-order valence-electron chi connectivity index (χ3n) is 4.77. The Morgan fingerprint density at radius 2 is 2.00 bits per heavy atom. The van der Waals surface area contributed by atoms with Gasteiger partial charge in [-0.2, -0.15) is 0 Å². The first-order chi connectivity index (χ1) is 9.52. The van der Waals surface area contributed by atoms with Gasteiger partial charge in [0.05, 0.1) is 0 Å². The third-order valence-corrected chi connectivity index (χ3v) is 5.14. The second-order valence-electron chi connectivity index (χ2n) is 7.03. The van der Waals surface area contributed by atoms with E-state index in [1.54, 1.807) is 0 Å². The van der Waals surface area contributed by atoms with Crippen molar-refractivity contribution in [1.82, 2.24) is 5.32 Å². The van der Waals surface area contributed by atoms with Crippen molar-refractivity contribution in [3.63, 3.8) is 0 Å². The molecule has 1 nitrogen and oxygen atoms in total. The van der Waals surface area contributed by atoms with Crippen LogP contribution in [-0.4, -0.2) is 13.1 Å². The molecule has 0 amide bonds. The van der Waals surface area contributed by atoms with Gasteiger partial charge in [0.25, 0.3) is 0 Å². The highest BCUT2D eigenvalue weighted by molar-refractivity contribution is 6.31. The molecule has 0 bridgehead atoms. The number of hydrogen-bond acceptors (Lipinski definition) is 1. The van der Waals surface area contributed by atoms with Crippen molar-refractivity contribution in [2.75, 3.05) is 13.1 Å². The quantitative estimate of drug-likeness (QED) is 0.811. The summed E-state index contributed by atoms with van der Waals surface area (Å²) in [5.74, 6) is 1.54. The Labute approximate surface area is 129 Å². The fourth-order valence-corrected chi connectivity index (χ4v) is 3.79. The maximum absolute atomic E-state index is 6.35. The minimum absolute atomic E-state index is 0.481. The Morgan fingerprint density at radius 1 is 1.25 bits per heavy atom. The molecule has 2 unspecified atom stereocenters. The Morgan fingerprint density at radius 3 is 2.70 bits per heavy atom. The summed E-state index contributed by atoms with van der Waals surface area (Å²) < 4.78 is 0. The molecule has 1 fully saturated rings. The van der Waals surface area contributed by atoms with Crippen molar-refractivity contribution >= 4 is 11.6 Å². The van der Waals surface area contributed by atoms with Gasteiger partial charge < -0.3 is 5.32 Å². The lowest BCUT2D eigenvalue weighted by atomic mass is 9.65. The number of nitrogens with one attached hydrogen (secondary N) is 1. The summed E-state index contributed by atoms with van der Waals surface area (Å²) in [4.78, 5) is 0. The van der Waals surface area contributed by atoms with Crippen LogP contribution in [0.4, 0.5) is 0 Å². The largest absolute Gasteiger partial charge is 0.317 e. The highest BCUT2D eigenvalue weighted by Crippen LogP contribution is 2.43. The van der Waals surface area contributed by atoms with Gasteiger partial charge in [0.15, 0.2) is 0 Å². The molecule has 0 aliphatic heterocycles. The molecule has 20 heavy (non-hydrogen) atoms. The molecule has 2 heteroatoms. The van der Waals surface area contributed by atoms with E-state index in [0.29, 0.717) is 5.41 Å². The van der Waals surface area contributed by atoms with Gasteiger partial charge in [0, 0.05) is 5.02 Å². The molecular weight excluding hydrogens is 266 g/mol. The molecule has 112 valence electrons. The third kappa shape index (κ3) is 4.23. The fraction of sp³-hybridized carbons (Fsp3) is 0.667. The van der Waals surface area contributed by atoms with Crippen LogP contribution in [0.15, 0.2) is 24.3 Å². The number of hydrogen-bond donors (Lipinski definition) is 1. The average molecular weight is 294 g/mol. The zero-order valence-corrected chi connectivity index (χ0v) is 13.8. The van der Waals surface area contributed by atoms with Crippen LogP contribution >= 0.6 is 11.6 Å². The van der Waals surface area contributed by atoms with Gasteiger partial charge in [0.2, 0.25) is 0 Å². The Kier molecular flexibility index (Phi) is 5.51. The van der Waals surface area contributed by atoms with Gasteiger partial charge in [-0.15, -0.1) is 0 Å². The van der Waals surface area contributed by atoms with Gasteiger partial charge in [0.1, 0.15) is 0 Å². The van der Waals surface area contributed by atoms with Crippen molar-refractivity contribution in [2.45, 2.75) is 46.5 Å². The lowest BCUT2D eigenvalue weighted by molar-refractivity contribution is 0.116. The minimum atomic E-state index is 0.481. The van der Waals surface area contributed by atoms with E-state index in [9.17, 15) is 0 Å². The molecule has 1 aromatic carbocycles. The second kappa shape index (κ2) is 6.95. The molecule has 0 aromatic heterocycles. The smallest absolute Gasteiger partial charge is 0.0438 e. The fourth-order valence-electron chi connectivity index (χ4n) is 3.57. The molecule has 1 N–H and O–H groups in total. The highest BCUT2D eigenvalue weighted by Gasteiger charge is 2.34. The van der Waals surface area contributed by atoms with Crippen LogP contribution in [0.2, 0.25) is 5.02 Å². The van der Waals surface area contributed by atoms with Gasteiger partial charge in [-0.05, 0) is 67.7 Å². The van der Waals surface area contributed by atoms with Gasteiger partial charge in [-0.3, -0.25) is 0 Å². The van der Waals surface area contributed by atoms with E-state index in [-0.39, 0.29) is 0 Å². The molecule has 0 saturated heterocycles. The average Bonchev–Trinajstić information content (AvgIpc) is 2.40. The van der Waals surface area contributed by atoms with E-state index in [0.717, 1.165) is 36.4 Å². The molecule has 0 heterocycles. The molecule has 2 rings (SSSR count). The van der Waals surface area contributed by atoms with Gasteiger partial charge >= 0.3 is 0 Å². The molecule has 0 spiro atoms. The highest BCUT2D eigenvalue weighted by atomic mass is 35.5. The summed E-state index contributed by atoms with van der Waals surface area (Å²) in [5, 5.41) is 4.47. The zero-order valence-electron chi connectivity index (χ0n) is 13.1. The van der Waals surface area contributed by atoms with E-state index in [2.05, 4.69) is 38.2 Å². The van der Waals surface area contributed by atoms with Crippen LogP contribution in [0, 0.1) is 17.3 Å². The van der Waals surface area contributed by atoms with Crippen LogP contribution in [0.1, 0.15) is 45.6 Å². The van der Waals surface area contributed by atoms with Gasteiger partial charge in [-0.1, -0.05) is 50.6 Å². The molecule has 0 radical (unpaired) electrons. The van der Waals surface area contributed by atoms with Crippen molar-refractivity contribution in [3.05, 3.63) is 34.9 Å². The molecule has 1 saturated carbocycles. The normalized spacial score (nSPS) is 25.6. The molecule has 1 aliphatic rings. The monoisotopic (exact) mass is 293 g/mol. The first-order valence-electron chi connectivity index (χ1n) is 7.96. The lowest BCUT2D eigenvalue weighted by Crippen LogP contribution is -2.37. The van der Waals surface area contributed by atoms with Crippen LogP contribution in [0.25, 0.3) is 0 Å². The van der Waals surface area contributed by atoms with Crippen LogP contribution < -0.4 is 5.32 Å². The predicted octanol–water partition coefficient (Wildman–Crippen LogP) is 4.93. The van der Waals surface area contributed by atoms with Crippen molar-refractivity contribution < 1.29 is 0 Å². The Bertz CT molecular complexity index is 427. The molecular formula is C18H28ClN. The van der Waals surface area contributed by atoms with E-state index in [1.165, 1.54) is 24.8 Å². The summed E-state index contributed by atoms with van der Waals surface area (Å²) in [7, 11) is 0. The maximum atomic E-state index is 6.35. The van der Waals surface area contributed by atoms with Crippen LogP contribution in [-0.2, 0) is 6.42 Å². The van der Waals surface area contributed by atoms with Crippen LogP contribution in [0.3, 0.4) is 0 Å². The first-order valence-corrected chi connectivity index (χ1v) is 8.34. The summed E-state index contributed by atoms with van der Waals surface area (Å²) in [6, 6.07) is 8.33. The first kappa shape index (κ1) is 15.9. The summed E-state index contributed by atoms with van der Waals surface area (Å²) in [5.41, 5.74) is 1.80. The summed E-state index contributed by atoms with van der Waals surface area (Å²) in [6.45, 7) is 9.24. The standard InChI is InChI=1S/C18H28ClN/c1-4-20-13-15-9-10-18(2,3)12-16(15)11-14-7-5-6-8-17(14)19/h5-8,15-16,20H,4,9-13H2,1-3H3. The van der Waals surface area contributed by atoms with E-state index < -0.39 is 0 Å². The zero-order chi connectivity index (χ0) is 14.6. The van der Waals surface area contributed by atoms with Gasteiger partial charge in [-0.25, -0.2) is 0 Å².